The van der Waals surface area contributed by atoms with Crippen LogP contribution in [-0.2, 0) is 4.79 Å². The Morgan fingerprint density at radius 3 is 2.35 bits per heavy atom. The van der Waals surface area contributed by atoms with E-state index in [1.165, 1.54) is 0 Å². The van der Waals surface area contributed by atoms with Gasteiger partial charge in [0, 0.05) is 19.1 Å². The lowest BCUT2D eigenvalue weighted by Crippen LogP contribution is -2.48. The molecule has 0 radical (unpaired) electrons. The summed E-state index contributed by atoms with van der Waals surface area (Å²) in [5.41, 5.74) is 0. The maximum Gasteiger partial charge on any atom is 0.237 e. The fourth-order valence-electron chi connectivity index (χ4n) is 2.71. The summed E-state index contributed by atoms with van der Waals surface area (Å²) in [7, 11) is 0. The molecule has 1 aliphatic rings. The summed E-state index contributed by atoms with van der Waals surface area (Å²) in [5.74, 6) is 0.178. The minimum atomic E-state index is 0.178. The SMILES string of the molecule is C=CCN(CC=C)C(=O)CN(CCC)C1CCNCC1. The lowest BCUT2D eigenvalue weighted by Gasteiger charge is -2.35. The average molecular weight is 279 g/mol. The lowest BCUT2D eigenvalue weighted by molar-refractivity contribution is -0.132. The number of nitrogens with one attached hydrogen (secondary N) is 1. The van der Waals surface area contributed by atoms with Crippen LogP contribution in [0.25, 0.3) is 0 Å². The van der Waals surface area contributed by atoms with E-state index in [1.54, 1.807) is 12.2 Å². The van der Waals surface area contributed by atoms with Crippen LogP contribution in [0.5, 0.6) is 0 Å². The van der Waals surface area contributed by atoms with Gasteiger partial charge >= 0.3 is 0 Å². The largest absolute Gasteiger partial charge is 0.334 e. The van der Waals surface area contributed by atoms with Gasteiger partial charge in [-0.2, -0.15) is 0 Å². The molecule has 0 unspecified atom stereocenters. The van der Waals surface area contributed by atoms with Crippen LogP contribution in [0.3, 0.4) is 0 Å². The smallest absolute Gasteiger partial charge is 0.237 e. The summed E-state index contributed by atoms with van der Waals surface area (Å²) < 4.78 is 0. The van der Waals surface area contributed by atoms with E-state index in [0.717, 1.165) is 38.9 Å². The van der Waals surface area contributed by atoms with Crippen LogP contribution in [0.4, 0.5) is 0 Å². The van der Waals surface area contributed by atoms with E-state index in [1.807, 2.05) is 4.90 Å². The van der Waals surface area contributed by atoms with Crippen molar-refractivity contribution in [3.05, 3.63) is 25.3 Å². The number of hydrogen-bond donors (Lipinski definition) is 1. The van der Waals surface area contributed by atoms with Crippen LogP contribution >= 0.6 is 0 Å². The standard InChI is InChI=1S/C16H29N3O/c1-4-11-18(12-5-2)16(20)14-19(13-6-3)15-7-9-17-10-8-15/h4-5,15,17H,1-2,6-14H2,3H3. The summed E-state index contributed by atoms with van der Waals surface area (Å²) in [4.78, 5) is 16.6. The highest BCUT2D eigenvalue weighted by Gasteiger charge is 2.23. The second kappa shape index (κ2) is 9.72. The molecule has 4 nitrogen and oxygen atoms in total. The molecular formula is C16H29N3O. The van der Waals surface area contributed by atoms with Gasteiger partial charge in [0.2, 0.25) is 5.91 Å². The van der Waals surface area contributed by atoms with Crippen molar-refractivity contribution in [2.45, 2.75) is 32.2 Å². The molecule has 4 heteroatoms. The van der Waals surface area contributed by atoms with Crippen molar-refractivity contribution in [1.29, 1.82) is 0 Å². The molecule has 1 amide bonds. The molecule has 1 N–H and O–H groups in total. The van der Waals surface area contributed by atoms with Gasteiger partial charge in [0.05, 0.1) is 6.54 Å². The highest BCUT2D eigenvalue weighted by atomic mass is 16.2. The zero-order chi connectivity index (χ0) is 14.8. The Labute approximate surface area is 123 Å². The second-order valence-electron chi connectivity index (χ2n) is 5.33. The molecule has 0 saturated carbocycles. The van der Waals surface area contributed by atoms with Crippen molar-refractivity contribution in [3.8, 4) is 0 Å². The van der Waals surface area contributed by atoms with E-state index >= 15 is 0 Å². The summed E-state index contributed by atoms with van der Waals surface area (Å²) in [6.07, 6.45) is 6.90. The molecule has 0 aromatic heterocycles. The number of rotatable bonds is 9. The Morgan fingerprint density at radius 1 is 1.25 bits per heavy atom. The molecule has 1 fully saturated rings. The third kappa shape index (κ3) is 5.47. The van der Waals surface area contributed by atoms with Gasteiger partial charge in [0.15, 0.2) is 0 Å². The molecule has 0 aliphatic carbocycles. The zero-order valence-corrected chi connectivity index (χ0v) is 12.8. The van der Waals surface area contributed by atoms with E-state index in [-0.39, 0.29) is 5.91 Å². The average Bonchev–Trinajstić information content (AvgIpc) is 2.47. The van der Waals surface area contributed by atoms with Gasteiger partial charge in [0.25, 0.3) is 0 Å². The highest BCUT2D eigenvalue weighted by molar-refractivity contribution is 5.78. The fraction of sp³-hybridized carbons (Fsp3) is 0.688. The first-order chi connectivity index (χ1) is 9.72. The molecule has 1 aliphatic heterocycles. The Balaban J connectivity index is 2.59. The van der Waals surface area contributed by atoms with Crippen LogP contribution in [-0.4, -0.2) is 61.0 Å². The normalized spacial score (nSPS) is 16.1. The van der Waals surface area contributed by atoms with Gasteiger partial charge in [-0.05, 0) is 38.9 Å². The summed E-state index contributed by atoms with van der Waals surface area (Å²) >= 11 is 0. The fourth-order valence-corrected chi connectivity index (χ4v) is 2.71. The van der Waals surface area contributed by atoms with Gasteiger partial charge in [0.1, 0.15) is 0 Å². The zero-order valence-electron chi connectivity index (χ0n) is 12.8. The predicted octanol–water partition coefficient (Wildman–Crippen LogP) is 1.65. The molecule has 0 spiro atoms. The number of carbonyl (C=O) groups excluding carboxylic acids is 1. The number of carbonyl (C=O) groups is 1. The van der Waals surface area contributed by atoms with Crippen molar-refractivity contribution < 1.29 is 4.79 Å². The Morgan fingerprint density at radius 2 is 1.85 bits per heavy atom. The topological polar surface area (TPSA) is 35.6 Å². The quantitative estimate of drug-likeness (QED) is 0.652. The molecule has 0 aromatic rings. The summed E-state index contributed by atoms with van der Waals surface area (Å²) in [6.45, 7) is 14.4. The van der Waals surface area contributed by atoms with Crippen LogP contribution in [0.15, 0.2) is 25.3 Å². The molecule has 1 heterocycles. The van der Waals surface area contributed by atoms with Crippen LogP contribution in [0, 0.1) is 0 Å². The minimum Gasteiger partial charge on any atom is -0.334 e. The van der Waals surface area contributed by atoms with Crippen molar-refractivity contribution >= 4 is 5.91 Å². The maximum absolute atomic E-state index is 12.4. The minimum absolute atomic E-state index is 0.178. The van der Waals surface area contributed by atoms with Crippen molar-refractivity contribution in [2.75, 3.05) is 39.3 Å². The Hall–Kier alpha value is -1.13. The van der Waals surface area contributed by atoms with E-state index in [4.69, 9.17) is 0 Å². The molecule has 114 valence electrons. The molecule has 0 aromatic carbocycles. The van der Waals surface area contributed by atoms with Crippen LogP contribution in [0.2, 0.25) is 0 Å². The van der Waals surface area contributed by atoms with Crippen molar-refractivity contribution in [3.63, 3.8) is 0 Å². The summed E-state index contributed by atoms with van der Waals surface area (Å²) in [6, 6.07) is 0.537. The van der Waals surface area contributed by atoms with Crippen molar-refractivity contribution in [2.24, 2.45) is 0 Å². The third-order valence-corrected chi connectivity index (χ3v) is 3.73. The van der Waals surface area contributed by atoms with Gasteiger partial charge < -0.3 is 10.2 Å². The first-order valence-electron chi connectivity index (χ1n) is 7.67. The molecule has 0 bridgehead atoms. The van der Waals surface area contributed by atoms with Gasteiger partial charge in [-0.25, -0.2) is 0 Å². The molecular weight excluding hydrogens is 250 g/mol. The predicted molar refractivity (Wildman–Crippen MR) is 84.7 cm³/mol. The van der Waals surface area contributed by atoms with Gasteiger partial charge in [-0.3, -0.25) is 9.69 Å². The number of nitrogens with zero attached hydrogens (tertiary/aromatic N) is 2. The van der Waals surface area contributed by atoms with Gasteiger partial charge in [-0.1, -0.05) is 19.1 Å². The number of hydrogen-bond acceptors (Lipinski definition) is 3. The summed E-state index contributed by atoms with van der Waals surface area (Å²) in [5, 5.41) is 3.38. The molecule has 1 rings (SSSR count). The van der Waals surface area contributed by atoms with E-state index < -0.39 is 0 Å². The first-order valence-corrected chi connectivity index (χ1v) is 7.67. The van der Waals surface area contributed by atoms with E-state index in [0.29, 0.717) is 25.7 Å². The van der Waals surface area contributed by atoms with Crippen LogP contribution in [0.1, 0.15) is 26.2 Å². The van der Waals surface area contributed by atoms with Crippen molar-refractivity contribution in [1.82, 2.24) is 15.1 Å². The van der Waals surface area contributed by atoms with E-state index in [9.17, 15) is 4.79 Å². The Bertz CT molecular complexity index is 301. The van der Waals surface area contributed by atoms with Crippen LogP contribution < -0.4 is 5.32 Å². The molecule has 0 atom stereocenters. The first kappa shape index (κ1) is 16.9. The van der Waals surface area contributed by atoms with Gasteiger partial charge in [-0.15, -0.1) is 13.2 Å². The third-order valence-electron chi connectivity index (χ3n) is 3.73. The number of amides is 1. The molecule has 1 saturated heterocycles. The maximum atomic E-state index is 12.4. The monoisotopic (exact) mass is 279 g/mol. The lowest BCUT2D eigenvalue weighted by atomic mass is 10.0. The Kier molecular flexibility index (Phi) is 8.23. The highest BCUT2D eigenvalue weighted by Crippen LogP contribution is 2.12. The second-order valence-corrected chi connectivity index (χ2v) is 5.33. The number of piperidine rings is 1. The van der Waals surface area contributed by atoms with E-state index in [2.05, 4.69) is 30.3 Å². The molecule has 20 heavy (non-hydrogen) atoms.